The fraction of sp³-hybridized carbons (Fsp3) is 0.348. The molecular formula is C23H23N5O4S2. The average Bonchev–Trinajstić information content (AvgIpc) is 3.39. The molecule has 0 saturated carbocycles. The number of hydrogen-bond acceptors (Lipinski definition) is 8. The topological polar surface area (TPSA) is 117 Å². The first kappa shape index (κ1) is 22.5. The van der Waals surface area contributed by atoms with Gasteiger partial charge in [0.2, 0.25) is 5.91 Å². The van der Waals surface area contributed by atoms with E-state index in [0.29, 0.717) is 58.3 Å². The fourth-order valence-electron chi connectivity index (χ4n) is 4.19. The molecule has 9 nitrogen and oxygen atoms in total. The van der Waals surface area contributed by atoms with Crippen LogP contribution in [0, 0.1) is 12.8 Å². The van der Waals surface area contributed by atoms with E-state index in [-0.39, 0.29) is 23.3 Å². The maximum Gasteiger partial charge on any atom is 0.264 e. The molecule has 11 heteroatoms. The lowest BCUT2D eigenvalue weighted by Gasteiger charge is -2.31. The molecule has 1 aromatic carbocycles. The number of aromatic amines is 1. The number of aryl methyl sites for hydroxylation is 1. The van der Waals surface area contributed by atoms with E-state index in [2.05, 4.69) is 20.3 Å². The minimum atomic E-state index is -0.239. The number of benzene rings is 1. The number of likely N-dealkylation sites (tertiary alicyclic amines) is 1. The molecule has 3 aromatic heterocycles. The van der Waals surface area contributed by atoms with Gasteiger partial charge in [-0.3, -0.25) is 14.4 Å². The molecule has 0 radical (unpaired) electrons. The van der Waals surface area contributed by atoms with Gasteiger partial charge in [-0.05, 0) is 50.5 Å². The number of thiophene rings is 1. The Labute approximate surface area is 202 Å². The van der Waals surface area contributed by atoms with Crippen LogP contribution < -0.4 is 15.6 Å². The van der Waals surface area contributed by atoms with Gasteiger partial charge in [0.1, 0.15) is 10.6 Å². The molecule has 1 aliphatic rings. The van der Waals surface area contributed by atoms with Crippen LogP contribution in [0.3, 0.4) is 0 Å². The quantitative estimate of drug-likeness (QED) is 0.433. The predicted molar refractivity (Wildman–Crippen MR) is 133 cm³/mol. The molecule has 1 aliphatic heterocycles. The summed E-state index contributed by atoms with van der Waals surface area (Å²) >= 11 is 2.65. The molecule has 0 aliphatic carbocycles. The number of aromatic nitrogens is 3. The molecule has 2 N–H and O–H groups in total. The van der Waals surface area contributed by atoms with Crippen molar-refractivity contribution >= 4 is 60.1 Å². The molecule has 34 heavy (non-hydrogen) atoms. The first-order chi connectivity index (χ1) is 16.4. The Morgan fingerprint density at radius 1 is 1.26 bits per heavy atom. The van der Waals surface area contributed by atoms with Crippen LogP contribution >= 0.6 is 22.7 Å². The van der Waals surface area contributed by atoms with Gasteiger partial charge in [-0.2, -0.15) is 0 Å². The summed E-state index contributed by atoms with van der Waals surface area (Å²) in [4.78, 5) is 52.2. The minimum Gasteiger partial charge on any atom is -0.494 e. The van der Waals surface area contributed by atoms with Crippen LogP contribution in [0.4, 0.5) is 5.13 Å². The number of anilines is 1. The van der Waals surface area contributed by atoms with E-state index in [1.807, 2.05) is 25.1 Å². The molecule has 1 fully saturated rings. The van der Waals surface area contributed by atoms with Crippen molar-refractivity contribution < 1.29 is 14.3 Å². The van der Waals surface area contributed by atoms with E-state index < -0.39 is 0 Å². The molecule has 2 amide bonds. The molecule has 0 spiro atoms. The van der Waals surface area contributed by atoms with Crippen LogP contribution in [0.25, 0.3) is 20.4 Å². The van der Waals surface area contributed by atoms with Gasteiger partial charge >= 0.3 is 0 Å². The van der Waals surface area contributed by atoms with E-state index in [0.717, 1.165) is 16.0 Å². The average molecular weight is 498 g/mol. The zero-order valence-electron chi connectivity index (χ0n) is 18.7. The van der Waals surface area contributed by atoms with E-state index in [1.54, 1.807) is 11.8 Å². The van der Waals surface area contributed by atoms with Gasteiger partial charge in [-0.25, -0.2) is 9.97 Å². The standard InChI is InChI=1S/C23H23N5O4S2/c1-3-32-14-4-5-15-16(10-14)33-23(26-15)27-19(29)13-6-8-28(9-7-13)22(31)18-12(2)17-20(30)24-11-25-21(17)34-18/h4-5,10-11,13H,3,6-9H2,1-2H3,(H,24,25,30)(H,26,27,29). The van der Waals surface area contributed by atoms with Gasteiger partial charge < -0.3 is 19.9 Å². The molecule has 4 heterocycles. The van der Waals surface area contributed by atoms with Gasteiger partial charge in [0.15, 0.2) is 5.13 Å². The summed E-state index contributed by atoms with van der Waals surface area (Å²) in [6.45, 7) is 5.26. The number of thiazole rings is 1. The van der Waals surface area contributed by atoms with Crippen molar-refractivity contribution in [3.8, 4) is 5.75 Å². The van der Waals surface area contributed by atoms with Crippen LogP contribution in [-0.4, -0.2) is 51.4 Å². The number of hydrogen-bond donors (Lipinski definition) is 2. The van der Waals surface area contributed by atoms with Crippen molar-refractivity contribution in [1.29, 1.82) is 0 Å². The molecule has 5 rings (SSSR count). The first-order valence-electron chi connectivity index (χ1n) is 11.0. The normalized spacial score (nSPS) is 14.6. The number of piperidine rings is 1. The van der Waals surface area contributed by atoms with Crippen molar-refractivity contribution in [2.75, 3.05) is 25.0 Å². The monoisotopic (exact) mass is 497 g/mol. The third kappa shape index (κ3) is 4.16. The Balaban J connectivity index is 1.23. The maximum atomic E-state index is 13.1. The lowest BCUT2D eigenvalue weighted by Crippen LogP contribution is -2.41. The highest BCUT2D eigenvalue weighted by atomic mass is 32.1. The number of fused-ring (bicyclic) bond motifs is 2. The second-order valence-electron chi connectivity index (χ2n) is 8.11. The molecule has 0 atom stereocenters. The number of carbonyl (C=O) groups excluding carboxylic acids is 2. The number of nitrogens with zero attached hydrogens (tertiary/aromatic N) is 3. The minimum absolute atomic E-state index is 0.0787. The van der Waals surface area contributed by atoms with Crippen LogP contribution in [-0.2, 0) is 4.79 Å². The third-order valence-corrected chi connectivity index (χ3v) is 8.10. The number of carbonyl (C=O) groups is 2. The Kier molecular flexibility index (Phi) is 6.05. The number of nitrogens with one attached hydrogen (secondary N) is 2. The van der Waals surface area contributed by atoms with Gasteiger partial charge in [-0.1, -0.05) is 11.3 Å². The van der Waals surface area contributed by atoms with Crippen molar-refractivity contribution in [2.24, 2.45) is 5.92 Å². The van der Waals surface area contributed by atoms with Crippen LogP contribution in [0.1, 0.15) is 35.0 Å². The molecule has 176 valence electrons. The molecule has 1 saturated heterocycles. The summed E-state index contributed by atoms with van der Waals surface area (Å²) in [6.07, 6.45) is 2.49. The molecule has 0 bridgehead atoms. The summed E-state index contributed by atoms with van der Waals surface area (Å²) in [7, 11) is 0. The van der Waals surface area contributed by atoms with Crippen LogP contribution in [0.15, 0.2) is 29.3 Å². The summed E-state index contributed by atoms with van der Waals surface area (Å²) in [5.41, 5.74) is 1.23. The largest absolute Gasteiger partial charge is 0.494 e. The van der Waals surface area contributed by atoms with Gasteiger partial charge in [0.25, 0.3) is 11.5 Å². The summed E-state index contributed by atoms with van der Waals surface area (Å²) in [5, 5.41) is 3.97. The number of H-pyrrole nitrogens is 1. The second-order valence-corrected chi connectivity index (χ2v) is 10.1. The number of rotatable bonds is 5. The zero-order chi connectivity index (χ0) is 23.8. The predicted octanol–water partition coefficient (Wildman–Crippen LogP) is 3.79. The van der Waals surface area contributed by atoms with E-state index in [4.69, 9.17) is 4.74 Å². The summed E-state index contributed by atoms with van der Waals surface area (Å²) < 4.78 is 6.48. The van der Waals surface area contributed by atoms with Crippen molar-refractivity contribution in [2.45, 2.75) is 26.7 Å². The lowest BCUT2D eigenvalue weighted by atomic mass is 9.95. The highest BCUT2D eigenvalue weighted by Crippen LogP contribution is 2.31. The van der Waals surface area contributed by atoms with Crippen molar-refractivity contribution in [3.05, 3.63) is 45.3 Å². The third-order valence-electron chi connectivity index (χ3n) is 5.98. The SMILES string of the molecule is CCOc1ccc2nc(NC(=O)C3CCN(C(=O)c4sc5nc[nH]c(=O)c5c4C)CC3)sc2c1. The van der Waals surface area contributed by atoms with E-state index >= 15 is 0 Å². The highest BCUT2D eigenvalue weighted by Gasteiger charge is 2.30. The Morgan fingerprint density at radius 3 is 2.79 bits per heavy atom. The molecular weight excluding hydrogens is 474 g/mol. The van der Waals surface area contributed by atoms with Crippen LogP contribution in [0.5, 0.6) is 5.75 Å². The molecule has 4 aromatic rings. The van der Waals surface area contributed by atoms with Gasteiger partial charge in [0, 0.05) is 19.0 Å². The van der Waals surface area contributed by atoms with Gasteiger partial charge in [0.05, 0.1) is 33.4 Å². The summed E-state index contributed by atoms with van der Waals surface area (Å²) in [5.74, 6) is 0.394. The smallest absolute Gasteiger partial charge is 0.264 e. The van der Waals surface area contributed by atoms with Gasteiger partial charge in [-0.15, -0.1) is 11.3 Å². The highest BCUT2D eigenvalue weighted by molar-refractivity contribution is 7.22. The van der Waals surface area contributed by atoms with E-state index in [9.17, 15) is 14.4 Å². The first-order valence-corrected chi connectivity index (χ1v) is 12.7. The number of ether oxygens (including phenoxy) is 1. The molecule has 0 unspecified atom stereocenters. The second kappa shape index (κ2) is 9.15. The van der Waals surface area contributed by atoms with E-state index in [1.165, 1.54) is 29.0 Å². The summed E-state index contributed by atoms with van der Waals surface area (Å²) in [6, 6.07) is 5.68. The Hall–Kier alpha value is -3.31. The van der Waals surface area contributed by atoms with Crippen LogP contribution in [0.2, 0.25) is 0 Å². The Bertz CT molecular complexity index is 1450. The fourth-order valence-corrected chi connectivity index (χ4v) is 6.21. The van der Waals surface area contributed by atoms with Crippen molar-refractivity contribution in [3.63, 3.8) is 0 Å². The maximum absolute atomic E-state index is 13.1. The Morgan fingerprint density at radius 2 is 2.06 bits per heavy atom. The number of amides is 2. The zero-order valence-corrected chi connectivity index (χ0v) is 20.3. The lowest BCUT2D eigenvalue weighted by molar-refractivity contribution is -0.121. The van der Waals surface area contributed by atoms with Crippen molar-refractivity contribution in [1.82, 2.24) is 19.9 Å².